The number of hydrogen-bond acceptors (Lipinski definition) is 2. The zero-order valence-corrected chi connectivity index (χ0v) is 10.4. The summed E-state index contributed by atoms with van der Waals surface area (Å²) in [6.07, 6.45) is -1.00. The van der Waals surface area contributed by atoms with Gasteiger partial charge >= 0.3 is 12.1 Å². The highest BCUT2D eigenvalue weighted by atomic mass is 19.1. The van der Waals surface area contributed by atoms with E-state index in [0.717, 1.165) is 17.0 Å². The molecule has 5 nitrogen and oxygen atoms in total. The molecule has 2 N–H and O–H groups in total. The van der Waals surface area contributed by atoms with E-state index < -0.39 is 29.7 Å². The molecule has 1 amide bonds. The number of amides is 1. The molecule has 1 unspecified atom stereocenters. The van der Waals surface area contributed by atoms with E-state index in [1.54, 1.807) is 0 Å². The van der Waals surface area contributed by atoms with Crippen LogP contribution in [0.25, 0.3) is 0 Å². The van der Waals surface area contributed by atoms with E-state index in [2.05, 4.69) is 0 Å². The lowest BCUT2D eigenvalue weighted by atomic mass is 9.96. The first-order chi connectivity index (χ1) is 9.38. The van der Waals surface area contributed by atoms with Crippen molar-refractivity contribution in [2.45, 2.75) is 18.9 Å². The second kappa shape index (κ2) is 5.44. The third kappa shape index (κ3) is 2.87. The van der Waals surface area contributed by atoms with Gasteiger partial charge < -0.3 is 10.2 Å². The monoisotopic (exact) mass is 285 g/mol. The molecule has 20 heavy (non-hydrogen) atoms. The largest absolute Gasteiger partial charge is 0.480 e. The van der Waals surface area contributed by atoms with Gasteiger partial charge in [-0.1, -0.05) is 6.07 Å². The Labute approximate surface area is 113 Å². The fourth-order valence-corrected chi connectivity index (χ4v) is 2.51. The highest BCUT2D eigenvalue weighted by Crippen LogP contribution is 2.27. The second-order valence-electron chi connectivity index (χ2n) is 4.83. The maximum atomic E-state index is 13.5. The van der Waals surface area contributed by atoms with Crippen molar-refractivity contribution in [3.8, 4) is 0 Å². The van der Waals surface area contributed by atoms with Crippen LogP contribution in [-0.4, -0.2) is 39.8 Å². The van der Waals surface area contributed by atoms with Crippen molar-refractivity contribution in [2.24, 2.45) is 5.92 Å². The molecule has 0 bridgehead atoms. The molecule has 1 fully saturated rings. The number of rotatable bonds is 3. The molecular weight excluding hydrogens is 272 g/mol. The molecule has 1 heterocycles. The topological polar surface area (TPSA) is 77.8 Å². The van der Waals surface area contributed by atoms with Gasteiger partial charge in [-0.05, 0) is 30.4 Å². The van der Waals surface area contributed by atoms with Crippen LogP contribution in [0.15, 0.2) is 18.2 Å². The first kappa shape index (κ1) is 14.2. The second-order valence-corrected chi connectivity index (χ2v) is 4.83. The Morgan fingerprint density at radius 2 is 2.00 bits per heavy atom. The Balaban J connectivity index is 2.11. The summed E-state index contributed by atoms with van der Waals surface area (Å²) in [6, 6.07) is 2.07. The van der Waals surface area contributed by atoms with Gasteiger partial charge in [-0.25, -0.2) is 18.4 Å². The minimum atomic E-state index is -1.31. The molecule has 0 radical (unpaired) electrons. The number of likely N-dealkylation sites (tertiary alicyclic amines) is 1. The van der Waals surface area contributed by atoms with Gasteiger partial charge in [0.2, 0.25) is 0 Å². The summed E-state index contributed by atoms with van der Waals surface area (Å²) in [6.45, 7) is 0.0309. The van der Waals surface area contributed by atoms with Crippen molar-refractivity contribution in [3.05, 3.63) is 35.4 Å². The molecule has 0 saturated carbocycles. The number of halogens is 2. The Bertz CT molecular complexity index is 527. The molecule has 7 heteroatoms. The van der Waals surface area contributed by atoms with Crippen LogP contribution in [-0.2, 0) is 11.2 Å². The first-order valence-corrected chi connectivity index (χ1v) is 6.04. The zero-order chi connectivity index (χ0) is 14.9. The highest BCUT2D eigenvalue weighted by Gasteiger charge is 2.39. The third-order valence-electron chi connectivity index (χ3n) is 3.44. The summed E-state index contributed by atoms with van der Waals surface area (Å²) >= 11 is 0. The van der Waals surface area contributed by atoms with Crippen LogP contribution in [0.2, 0.25) is 0 Å². The van der Waals surface area contributed by atoms with E-state index in [4.69, 9.17) is 10.2 Å². The van der Waals surface area contributed by atoms with E-state index in [0.29, 0.717) is 0 Å². The van der Waals surface area contributed by atoms with Crippen LogP contribution >= 0.6 is 0 Å². The number of carbonyl (C=O) groups is 2. The molecule has 1 aromatic rings. The number of carboxylic acid groups (broad SMARTS) is 2. The minimum Gasteiger partial charge on any atom is -0.480 e. The number of aliphatic carboxylic acids is 1. The molecule has 0 spiro atoms. The molecule has 2 atom stereocenters. The van der Waals surface area contributed by atoms with Crippen LogP contribution in [0.3, 0.4) is 0 Å². The summed E-state index contributed by atoms with van der Waals surface area (Å²) in [5, 5.41) is 17.9. The summed E-state index contributed by atoms with van der Waals surface area (Å²) in [4.78, 5) is 22.8. The molecule has 108 valence electrons. The molecule has 0 aliphatic carbocycles. The quantitative estimate of drug-likeness (QED) is 0.890. The molecule has 1 aliphatic rings. The lowest BCUT2D eigenvalue weighted by Crippen LogP contribution is -2.39. The first-order valence-electron chi connectivity index (χ1n) is 6.04. The number of carboxylic acids is 1. The Hall–Kier alpha value is -2.18. The summed E-state index contributed by atoms with van der Waals surface area (Å²) in [5.74, 6) is -2.90. The summed E-state index contributed by atoms with van der Waals surface area (Å²) in [5.41, 5.74) is 0.257. The molecular formula is C13H13F2NO4. The lowest BCUT2D eigenvalue weighted by Gasteiger charge is -2.16. The molecule has 1 aliphatic heterocycles. The van der Waals surface area contributed by atoms with Gasteiger partial charge in [0.05, 0.1) is 0 Å². The maximum absolute atomic E-state index is 13.5. The molecule has 2 rings (SSSR count). The van der Waals surface area contributed by atoms with Gasteiger partial charge in [0.15, 0.2) is 0 Å². The molecule has 0 aromatic heterocycles. The van der Waals surface area contributed by atoms with Crippen molar-refractivity contribution < 1.29 is 28.6 Å². The van der Waals surface area contributed by atoms with Crippen LogP contribution in [0.5, 0.6) is 0 Å². The normalized spacial score (nSPS) is 22.0. The Kier molecular flexibility index (Phi) is 3.87. The van der Waals surface area contributed by atoms with E-state index >= 15 is 0 Å². The van der Waals surface area contributed by atoms with Crippen molar-refractivity contribution >= 4 is 12.1 Å². The highest BCUT2D eigenvalue weighted by molar-refractivity contribution is 5.80. The van der Waals surface area contributed by atoms with E-state index in [9.17, 15) is 18.4 Å². The smallest absolute Gasteiger partial charge is 0.408 e. The van der Waals surface area contributed by atoms with Crippen molar-refractivity contribution in [3.63, 3.8) is 0 Å². The SMILES string of the molecule is O=C(O)[C@@H]1CC(Cc2ccc(F)cc2F)CN1C(=O)O. The Morgan fingerprint density at radius 3 is 2.50 bits per heavy atom. The van der Waals surface area contributed by atoms with Crippen LogP contribution in [0, 0.1) is 17.6 Å². The van der Waals surface area contributed by atoms with Gasteiger partial charge in [-0.2, -0.15) is 0 Å². The standard InChI is InChI=1S/C13H13F2NO4/c14-9-2-1-8(10(15)5-9)3-7-4-11(12(17)18)16(6-7)13(19)20/h1-2,5,7,11H,3-4,6H2,(H,17,18)(H,19,20)/t7?,11-/m0/s1. The fourth-order valence-electron chi connectivity index (χ4n) is 2.51. The van der Waals surface area contributed by atoms with Crippen molar-refractivity contribution in [1.29, 1.82) is 0 Å². The van der Waals surface area contributed by atoms with Gasteiger partial charge in [0, 0.05) is 12.6 Å². The molecule has 1 saturated heterocycles. The van der Waals surface area contributed by atoms with Crippen molar-refractivity contribution in [1.82, 2.24) is 4.90 Å². The lowest BCUT2D eigenvalue weighted by molar-refractivity contribution is -0.141. The van der Waals surface area contributed by atoms with E-state index in [1.165, 1.54) is 6.07 Å². The van der Waals surface area contributed by atoms with Crippen molar-refractivity contribution in [2.75, 3.05) is 6.54 Å². The third-order valence-corrected chi connectivity index (χ3v) is 3.44. The van der Waals surface area contributed by atoms with E-state index in [1.807, 2.05) is 0 Å². The van der Waals surface area contributed by atoms with Crippen LogP contribution < -0.4 is 0 Å². The van der Waals surface area contributed by atoms with Crippen LogP contribution in [0.1, 0.15) is 12.0 Å². The number of benzene rings is 1. The minimum absolute atomic E-state index is 0.0309. The zero-order valence-electron chi connectivity index (χ0n) is 10.4. The van der Waals surface area contributed by atoms with Gasteiger partial charge in [-0.3, -0.25) is 4.90 Å². The summed E-state index contributed by atoms with van der Waals surface area (Å²) < 4.78 is 26.3. The van der Waals surface area contributed by atoms with E-state index in [-0.39, 0.29) is 30.9 Å². The van der Waals surface area contributed by atoms with Gasteiger partial charge in [-0.15, -0.1) is 0 Å². The maximum Gasteiger partial charge on any atom is 0.408 e. The van der Waals surface area contributed by atoms with Gasteiger partial charge in [0.25, 0.3) is 0 Å². The summed E-state index contributed by atoms with van der Waals surface area (Å²) in [7, 11) is 0. The fraction of sp³-hybridized carbons (Fsp3) is 0.385. The average Bonchev–Trinajstić information content (AvgIpc) is 2.77. The average molecular weight is 285 g/mol. The number of nitrogens with zero attached hydrogens (tertiary/aromatic N) is 1. The predicted octanol–water partition coefficient (Wildman–Crippen LogP) is 1.96. The van der Waals surface area contributed by atoms with Gasteiger partial charge in [0.1, 0.15) is 17.7 Å². The predicted molar refractivity (Wildman–Crippen MR) is 64.3 cm³/mol. The molecule has 1 aromatic carbocycles. The Morgan fingerprint density at radius 1 is 1.30 bits per heavy atom. The van der Waals surface area contributed by atoms with Crippen LogP contribution in [0.4, 0.5) is 13.6 Å². The number of hydrogen-bond donors (Lipinski definition) is 2.